The molecule has 172 valence electrons. The van der Waals surface area contributed by atoms with Gasteiger partial charge in [-0.25, -0.2) is 0 Å². The van der Waals surface area contributed by atoms with E-state index in [4.69, 9.17) is 9.31 Å². The molecule has 0 aliphatic carbocycles. The van der Waals surface area contributed by atoms with Crippen LogP contribution in [0.4, 0.5) is 0 Å². The predicted molar refractivity (Wildman–Crippen MR) is 133 cm³/mol. The second-order valence-electron chi connectivity index (χ2n) is 7.80. The maximum atomic E-state index is 12.6. The minimum Gasteiger partial charge on any atom is -0.410 e. The molecule has 2 amide bonds. The molecule has 1 fully saturated rings. The number of carbonyl (C=O) groups excluding carboxylic acids is 2. The first kappa shape index (κ1) is 26.8. The molecule has 0 radical (unpaired) electrons. The number of rotatable bonds is 7. The largest absolute Gasteiger partial charge is 0.480 e. The molecule has 1 aromatic carbocycles. The molecule has 3 N–H and O–H groups in total. The van der Waals surface area contributed by atoms with E-state index in [1.165, 1.54) is 0 Å². The van der Waals surface area contributed by atoms with E-state index in [-0.39, 0.29) is 24.3 Å². The first-order valence-electron chi connectivity index (χ1n) is 10.4. The van der Waals surface area contributed by atoms with Crippen LogP contribution in [-0.2, 0) is 14.1 Å². The molecule has 0 bridgehead atoms. The Bertz CT molecular complexity index is 745. The zero-order chi connectivity index (χ0) is 22.8. The van der Waals surface area contributed by atoms with Crippen molar-refractivity contribution >= 4 is 66.7 Å². The summed E-state index contributed by atoms with van der Waals surface area (Å²) in [5.74, 6) is -0.569. The second-order valence-corrected chi connectivity index (χ2v) is 10.4. The summed E-state index contributed by atoms with van der Waals surface area (Å²) in [6.07, 6.45) is 2.48. The van der Waals surface area contributed by atoms with Crippen molar-refractivity contribution in [1.82, 2.24) is 16.0 Å². The number of amides is 2. The third kappa shape index (κ3) is 9.51. The van der Waals surface area contributed by atoms with Crippen LogP contribution in [0.5, 0.6) is 0 Å². The summed E-state index contributed by atoms with van der Waals surface area (Å²) >= 11 is 10.2. The van der Waals surface area contributed by atoms with Gasteiger partial charge in [0.05, 0.1) is 18.0 Å². The Kier molecular flexibility index (Phi) is 12.1. The second kappa shape index (κ2) is 13.9. The SMILES string of the molecule is CC(C)C[C@H](NC(=O)CNC(=O)c1cc(Br)cc(Br)c1Br)B1OCCCNCCCO1. The lowest BCUT2D eigenvalue weighted by Crippen LogP contribution is -2.52. The van der Waals surface area contributed by atoms with Gasteiger partial charge in [0.25, 0.3) is 5.91 Å². The van der Waals surface area contributed by atoms with Gasteiger partial charge in [-0.2, -0.15) is 0 Å². The van der Waals surface area contributed by atoms with Gasteiger partial charge in [-0.15, -0.1) is 0 Å². The number of halogens is 3. The molecule has 0 unspecified atom stereocenters. The van der Waals surface area contributed by atoms with E-state index in [2.05, 4.69) is 77.6 Å². The molecule has 1 atom stereocenters. The molecule has 31 heavy (non-hydrogen) atoms. The highest BCUT2D eigenvalue weighted by Crippen LogP contribution is 2.30. The van der Waals surface area contributed by atoms with Crippen molar-refractivity contribution in [3.8, 4) is 0 Å². The van der Waals surface area contributed by atoms with Gasteiger partial charge >= 0.3 is 7.12 Å². The molecule has 1 aliphatic rings. The standard InChI is InChI=1S/C20H29BBr3N3O4/c1-13(2)9-17(21-30-7-3-5-25-6-4-8-31-21)27-18(28)12-26-20(29)15-10-14(22)11-16(23)19(15)24/h10-11,13,17,25H,3-9,12H2,1-2H3,(H,26,29)(H,27,28)/t17-/m0/s1. The van der Waals surface area contributed by atoms with E-state index in [0.29, 0.717) is 35.6 Å². The summed E-state index contributed by atoms with van der Waals surface area (Å²) in [6.45, 7) is 6.97. The normalized spacial score (nSPS) is 16.6. The van der Waals surface area contributed by atoms with Gasteiger partial charge in [-0.1, -0.05) is 29.8 Å². The molecule has 7 nitrogen and oxygen atoms in total. The van der Waals surface area contributed by atoms with Gasteiger partial charge in [0.15, 0.2) is 0 Å². The molecular formula is C20H29BBr3N3O4. The van der Waals surface area contributed by atoms with Crippen LogP contribution in [0.15, 0.2) is 25.6 Å². The Morgan fingerprint density at radius 1 is 1.13 bits per heavy atom. The van der Waals surface area contributed by atoms with Crippen LogP contribution in [0, 0.1) is 5.92 Å². The van der Waals surface area contributed by atoms with E-state index in [9.17, 15) is 9.59 Å². The van der Waals surface area contributed by atoms with Crippen LogP contribution in [0.25, 0.3) is 0 Å². The first-order valence-corrected chi connectivity index (χ1v) is 12.8. The van der Waals surface area contributed by atoms with E-state index in [1.54, 1.807) is 6.07 Å². The molecule has 0 aromatic heterocycles. The Balaban J connectivity index is 1.97. The van der Waals surface area contributed by atoms with Gasteiger partial charge in [0, 0.05) is 26.6 Å². The highest BCUT2D eigenvalue weighted by molar-refractivity contribution is 9.13. The zero-order valence-corrected chi connectivity index (χ0v) is 22.6. The third-order valence-corrected chi connectivity index (χ3v) is 7.08. The molecule has 2 rings (SSSR count). The summed E-state index contributed by atoms with van der Waals surface area (Å²) in [4.78, 5) is 25.2. The summed E-state index contributed by atoms with van der Waals surface area (Å²) in [6, 6.07) is 3.53. The fourth-order valence-electron chi connectivity index (χ4n) is 3.18. The Morgan fingerprint density at radius 3 is 2.39 bits per heavy atom. The van der Waals surface area contributed by atoms with Crippen LogP contribution in [0.1, 0.15) is 43.5 Å². The number of nitrogens with one attached hydrogen (secondary N) is 3. The Labute approximate surface area is 209 Å². The lowest BCUT2D eigenvalue weighted by Gasteiger charge is -2.27. The van der Waals surface area contributed by atoms with Crippen LogP contribution in [0.3, 0.4) is 0 Å². The maximum absolute atomic E-state index is 12.6. The van der Waals surface area contributed by atoms with Crippen LogP contribution in [0.2, 0.25) is 0 Å². The van der Waals surface area contributed by atoms with Crippen molar-refractivity contribution in [2.24, 2.45) is 5.92 Å². The van der Waals surface area contributed by atoms with Crippen molar-refractivity contribution in [3.63, 3.8) is 0 Å². The summed E-state index contributed by atoms with van der Waals surface area (Å²) in [5.41, 5.74) is 0.431. The monoisotopic (exact) mass is 623 g/mol. The summed E-state index contributed by atoms with van der Waals surface area (Å²) in [5, 5.41) is 9.02. The summed E-state index contributed by atoms with van der Waals surface area (Å²) in [7, 11) is -0.504. The first-order chi connectivity index (χ1) is 14.8. The highest BCUT2D eigenvalue weighted by atomic mass is 79.9. The molecule has 1 heterocycles. The van der Waals surface area contributed by atoms with Gasteiger partial charge in [0.1, 0.15) is 0 Å². The van der Waals surface area contributed by atoms with E-state index < -0.39 is 7.12 Å². The molecular weight excluding hydrogens is 597 g/mol. The van der Waals surface area contributed by atoms with Crippen LogP contribution >= 0.6 is 47.8 Å². The average molecular weight is 626 g/mol. The lowest BCUT2D eigenvalue weighted by molar-refractivity contribution is -0.120. The number of carbonyl (C=O) groups is 2. The van der Waals surface area contributed by atoms with Crippen molar-refractivity contribution < 1.29 is 18.9 Å². The number of hydrogen-bond donors (Lipinski definition) is 3. The van der Waals surface area contributed by atoms with E-state index in [0.717, 1.165) is 34.9 Å². The number of benzene rings is 1. The lowest BCUT2D eigenvalue weighted by atomic mass is 9.73. The number of hydrogen-bond acceptors (Lipinski definition) is 5. The van der Waals surface area contributed by atoms with E-state index in [1.807, 2.05) is 6.07 Å². The Morgan fingerprint density at radius 2 is 1.77 bits per heavy atom. The highest BCUT2D eigenvalue weighted by Gasteiger charge is 2.32. The smallest absolute Gasteiger partial charge is 0.410 e. The van der Waals surface area contributed by atoms with E-state index >= 15 is 0 Å². The third-order valence-electron chi connectivity index (χ3n) is 4.61. The maximum Gasteiger partial charge on any atom is 0.480 e. The van der Waals surface area contributed by atoms with Gasteiger partial charge < -0.3 is 25.3 Å². The van der Waals surface area contributed by atoms with Crippen molar-refractivity contribution in [3.05, 3.63) is 31.1 Å². The average Bonchev–Trinajstić information content (AvgIpc) is 2.72. The fraction of sp³-hybridized carbons (Fsp3) is 0.600. The van der Waals surface area contributed by atoms with Crippen molar-refractivity contribution in [1.29, 1.82) is 0 Å². The van der Waals surface area contributed by atoms with Crippen LogP contribution in [-0.4, -0.2) is 57.7 Å². The van der Waals surface area contributed by atoms with Gasteiger partial charge in [-0.05, 0) is 82.3 Å². The van der Waals surface area contributed by atoms with Crippen molar-refractivity contribution in [2.45, 2.75) is 39.1 Å². The molecule has 1 saturated heterocycles. The minimum atomic E-state index is -0.504. The van der Waals surface area contributed by atoms with Gasteiger partial charge in [-0.3, -0.25) is 9.59 Å². The molecule has 0 spiro atoms. The topological polar surface area (TPSA) is 88.7 Å². The Hall–Kier alpha value is -0.455. The zero-order valence-electron chi connectivity index (χ0n) is 17.8. The molecule has 1 aromatic rings. The summed E-state index contributed by atoms with van der Waals surface area (Å²) < 4.78 is 14.0. The molecule has 0 saturated carbocycles. The van der Waals surface area contributed by atoms with Gasteiger partial charge in [0.2, 0.25) is 5.91 Å². The van der Waals surface area contributed by atoms with Crippen LogP contribution < -0.4 is 16.0 Å². The predicted octanol–water partition coefficient (Wildman–Crippen LogP) is 3.68. The minimum absolute atomic E-state index is 0.138. The quantitative estimate of drug-likeness (QED) is 0.318. The van der Waals surface area contributed by atoms with Crippen molar-refractivity contribution in [2.75, 3.05) is 32.8 Å². The fourth-order valence-corrected chi connectivity index (χ4v) is 4.81. The molecule has 1 aliphatic heterocycles. The molecule has 11 heteroatoms.